The first-order chi connectivity index (χ1) is 12.8. The Morgan fingerprint density at radius 1 is 1.15 bits per heavy atom. The molecule has 0 unspecified atom stereocenters. The van der Waals surface area contributed by atoms with E-state index in [-0.39, 0.29) is 24.0 Å². The highest BCUT2D eigenvalue weighted by Crippen LogP contribution is 2.11. The molecule has 1 aliphatic rings. The van der Waals surface area contributed by atoms with Gasteiger partial charge in [-0.2, -0.15) is 0 Å². The predicted octanol–water partition coefficient (Wildman–Crippen LogP) is 3.45. The molecule has 0 amide bonds. The van der Waals surface area contributed by atoms with E-state index in [0.29, 0.717) is 6.54 Å². The molecule has 2 N–H and O–H groups in total. The minimum Gasteiger partial charge on any atom is -0.379 e. The van der Waals surface area contributed by atoms with Crippen LogP contribution in [0.5, 0.6) is 0 Å². The highest BCUT2D eigenvalue weighted by molar-refractivity contribution is 14.0. The van der Waals surface area contributed by atoms with Crippen LogP contribution in [0.2, 0.25) is 0 Å². The van der Waals surface area contributed by atoms with Crippen LogP contribution in [0.4, 0.5) is 0 Å². The number of thiophene rings is 1. The van der Waals surface area contributed by atoms with Crippen LogP contribution in [-0.2, 0) is 24.4 Å². The number of benzene rings is 1. The molecule has 1 aromatic heterocycles. The molecule has 27 heavy (non-hydrogen) atoms. The van der Waals surface area contributed by atoms with Gasteiger partial charge in [-0.05, 0) is 29.5 Å². The van der Waals surface area contributed by atoms with Gasteiger partial charge in [0.1, 0.15) is 0 Å². The lowest BCUT2D eigenvalue weighted by Gasteiger charge is -2.26. The Morgan fingerprint density at radius 3 is 2.70 bits per heavy atom. The van der Waals surface area contributed by atoms with Crippen LogP contribution in [0.1, 0.15) is 22.9 Å². The Labute approximate surface area is 183 Å². The molecular weight excluding hydrogens is 471 g/mol. The molecule has 0 saturated carbocycles. The molecule has 2 aromatic rings. The van der Waals surface area contributed by atoms with Gasteiger partial charge in [0.25, 0.3) is 0 Å². The number of ether oxygens (including phenoxy) is 1. The molecule has 0 radical (unpaired) electrons. The number of hydrogen-bond acceptors (Lipinski definition) is 4. The minimum atomic E-state index is 0. The van der Waals surface area contributed by atoms with Crippen molar-refractivity contribution in [2.75, 3.05) is 32.8 Å². The second-order valence-electron chi connectivity index (χ2n) is 6.34. The van der Waals surface area contributed by atoms with E-state index < -0.39 is 0 Å². The van der Waals surface area contributed by atoms with Crippen molar-refractivity contribution in [2.24, 2.45) is 4.99 Å². The van der Waals surface area contributed by atoms with Gasteiger partial charge in [0, 0.05) is 31.1 Å². The monoisotopic (exact) mass is 500 g/mol. The zero-order chi connectivity index (χ0) is 18.0. The Bertz CT molecular complexity index is 687. The standard InChI is InChI=1S/C20H28N4OS.HI/c1-2-21-20(23-15-19-7-4-12-26-19)22-14-17-5-3-6-18(13-17)16-24-8-10-25-11-9-24;/h3-7,12-13H,2,8-11,14-16H2,1H3,(H2,21,22,23);1H. The van der Waals surface area contributed by atoms with Crippen molar-refractivity contribution in [1.29, 1.82) is 0 Å². The summed E-state index contributed by atoms with van der Waals surface area (Å²) in [5.74, 6) is 0.861. The largest absolute Gasteiger partial charge is 0.379 e. The van der Waals surface area contributed by atoms with Crippen molar-refractivity contribution in [3.63, 3.8) is 0 Å². The number of halogens is 1. The zero-order valence-electron chi connectivity index (χ0n) is 15.8. The van der Waals surface area contributed by atoms with E-state index in [4.69, 9.17) is 9.73 Å². The molecule has 148 valence electrons. The average molecular weight is 500 g/mol. The molecule has 0 atom stereocenters. The summed E-state index contributed by atoms with van der Waals surface area (Å²) in [6, 6.07) is 13.0. The lowest BCUT2D eigenvalue weighted by Crippen LogP contribution is -2.36. The third-order valence-corrected chi connectivity index (χ3v) is 5.15. The first-order valence-electron chi connectivity index (χ1n) is 9.26. The van der Waals surface area contributed by atoms with Gasteiger partial charge >= 0.3 is 0 Å². The van der Waals surface area contributed by atoms with Crippen molar-refractivity contribution < 1.29 is 4.74 Å². The van der Waals surface area contributed by atoms with Gasteiger partial charge in [0.05, 0.1) is 26.3 Å². The van der Waals surface area contributed by atoms with E-state index in [1.807, 2.05) is 0 Å². The molecule has 0 aliphatic carbocycles. The summed E-state index contributed by atoms with van der Waals surface area (Å²) in [4.78, 5) is 8.49. The fraction of sp³-hybridized carbons (Fsp3) is 0.450. The first kappa shape index (κ1) is 22.1. The van der Waals surface area contributed by atoms with Gasteiger partial charge in [-0.25, -0.2) is 4.99 Å². The molecule has 0 bridgehead atoms. The summed E-state index contributed by atoms with van der Waals surface area (Å²) in [5.41, 5.74) is 2.58. The van der Waals surface area contributed by atoms with Crippen molar-refractivity contribution in [3.05, 3.63) is 57.8 Å². The summed E-state index contributed by atoms with van der Waals surface area (Å²) in [5, 5.41) is 8.82. The highest BCUT2D eigenvalue weighted by atomic mass is 127. The number of hydrogen-bond donors (Lipinski definition) is 2. The molecule has 1 fully saturated rings. The second-order valence-corrected chi connectivity index (χ2v) is 7.37. The SMILES string of the molecule is CCNC(=NCc1cccc(CN2CCOCC2)c1)NCc1cccs1.I. The molecule has 1 saturated heterocycles. The molecule has 1 aromatic carbocycles. The molecule has 7 heteroatoms. The predicted molar refractivity (Wildman–Crippen MR) is 124 cm³/mol. The van der Waals surface area contributed by atoms with Gasteiger partial charge in [-0.1, -0.05) is 30.3 Å². The molecule has 5 nitrogen and oxygen atoms in total. The van der Waals surface area contributed by atoms with Gasteiger partial charge < -0.3 is 15.4 Å². The molecular formula is C20H29IN4OS. The summed E-state index contributed by atoms with van der Waals surface area (Å²) in [6.45, 7) is 9.12. The lowest BCUT2D eigenvalue weighted by molar-refractivity contribution is 0.0342. The summed E-state index contributed by atoms with van der Waals surface area (Å²) < 4.78 is 5.43. The molecule has 1 aliphatic heterocycles. The average Bonchev–Trinajstić information content (AvgIpc) is 3.19. The van der Waals surface area contributed by atoms with Crippen molar-refractivity contribution in [3.8, 4) is 0 Å². The van der Waals surface area contributed by atoms with Crippen LogP contribution >= 0.6 is 35.3 Å². The quantitative estimate of drug-likeness (QED) is 0.348. The Morgan fingerprint density at radius 2 is 1.96 bits per heavy atom. The van der Waals surface area contributed by atoms with E-state index in [1.54, 1.807) is 11.3 Å². The molecule has 3 rings (SSSR count). The van der Waals surface area contributed by atoms with E-state index in [2.05, 4.69) is 64.2 Å². The number of rotatable bonds is 7. The molecule has 2 heterocycles. The van der Waals surface area contributed by atoms with E-state index >= 15 is 0 Å². The fourth-order valence-corrected chi connectivity index (χ4v) is 3.58. The number of morpholine rings is 1. The van der Waals surface area contributed by atoms with Crippen LogP contribution in [-0.4, -0.2) is 43.7 Å². The number of nitrogens with one attached hydrogen (secondary N) is 2. The van der Waals surface area contributed by atoms with Gasteiger partial charge in [0.15, 0.2) is 5.96 Å². The van der Waals surface area contributed by atoms with Crippen LogP contribution in [0, 0.1) is 0 Å². The van der Waals surface area contributed by atoms with Crippen LogP contribution in [0.3, 0.4) is 0 Å². The second kappa shape index (κ2) is 12.3. The van der Waals surface area contributed by atoms with E-state index in [1.165, 1.54) is 16.0 Å². The summed E-state index contributed by atoms with van der Waals surface area (Å²) >= 11 is 1.76. The maximum Gasteiger partial charge on any atom is 0.191 e. The maximum absolute atomic E-state index is 5.43. The van der Waals surface area contributed by atoms with Gasteiger partial charge in [-0.3, -0.25) is 4.90 Å². The minimum absolute atomic E-state index is 0. The van der Waals surface area contributed by atoms with E-state index in [9.17, 15) is 0 Å². The van der Waals surface area contributed by atoms with Crippen molar-refractivity contribution >= 4 is 41.3 Å². The topological polar surface area (TPSA) is 48.9 Å². The van der Waals surface area contributed by atoms with E-state index in [0.717, 1.165) is 51.9 Å². The number of guanidine groups is 1. The van der Waals surface area contributed by atoms with Crippen molar-refractivity contribution in [1.82, 2.24) is 15.5 Å². The summed E-state index contributed by atoms with van der Waals surface area (Å²) in [7, 11) is 0. The van der Waals surface area contributed by atoms with Crippen molar-refractivity contribution in [2.45, 2.75) is 26.6 Å². The third-order valence-electron chi connectivity index (χ3n) is 4.28. The molecule has 0 spiro atoms. The third kappa shape index (κ3) is 7.77. The van der Waals surface area contributed by atoms with Crippen LogP contribution in [0.15, 0.2) is 46.8 Å². The van der Waals surface area contributed by atoms with Crippen LogP contribution < -0.4 is 10.6 Å². The Kier molecular flexibility index (Phi) is 10.1. The Hall–Kier alpha value is -1.16. The Balaban J connectivity index is 0.00000261. The zero-order valence-corrected chi connectivity index (χ0v) is 19.0. The van der Waals surface area contributed by atoms with Crippen LogP contribution in [0.25, 0.3) is 0 Å². The first-order valence-corrected chi connectivity index (χ1v) is 10.1. The highest BCUT2D eigenvalue weighted by Gasteiger charge is 2.10. The van der Waals surface area contributed by atoms with Gasteiger partial charge in [-0.15, -0.1) is 35.3 Å². The van der Waals surface area contributed by atoms with Gasteiger partial charge in [0.2, 0.25) is 0 Å². The summed E-state index contributed by atoms with van der Waals surface area (Å²) in [6.07, 6.45) is 0. The normalized spacial score (nSPS) is 15.2. The smallest absolute Gasteiger partial charge is 0.191 e. The lowest BCUT2D eigenvalue weighted by atomic mass is 10.1. The maximum atomic E-state index is 5.43. The fourth-order valence-electron chi connectivity index (χ4n) is 2.94. The number of nitrogens with zero attached hydrogens (tertiary/aromatic N) is 2. The number of aliphatic imine (C=N–C) groups is 1.